The van der Waals surface area contributed by atoms with Gasteiger partial charge in [-0.25, -0.2) is 0 Å². The van der Waals surface area contributed by atoms with Gasteiger partial charge in [-0.1, -0.05) is 67.6 Å². The summed E-state index contributed by atoms with van der Waals surface area (Å²) in [4.78, 5) is 27.4. The van der Waals surface area contributed by atoms with Gasteiger partial charge in [0.15, 0.2) is 0 Å². The van der Waals surface area contributed by atoms with E-state index < -0.39 is 17.7 Å². The molecule has 3 aromatic carbocycles. The molecule has 0 aromatic heterocycles. The van der Waals surface area contributed by atoms with Crippen LogP contribution in [0.2, 0.25) is 0 Å². The molecule has 3 aromatic rings. The van der Waals surface area contributed by atoms with Crippen molar-refractivity contribution in [2.24, 2.45) is 0 Å². The number of anilines is 1. The van der Waals surface area contributed by atoms with E-state index in [1.165, 1.54) is 17.0 Å². The predicted octanol–water partition coefficient (Wildman–Crippen LogP) is 4.58. The summed E-state index contributed by atoms with van der Waals surface area (Å²) in [6.45, 7) is 2.04. The molecule has 0 aliphatic carbocycles. The molecule has 0 radical (unpaired) electrons. The summed E-state index contributed by atoms with van der Waals surface area (Å²) in [5.74, 6) is -1.74. The number of aromatic hydroxyl groups is 1. The summed E-state index contributed by atoms with van der Waals surface area (Å²) in [5, 5.41) is 20.9. The van der Waals surface area contributed by atoms with Gasteiger partial charge < -0.3 is 10.2 Å². The lowest BCUT2D eigenvalue weighted by atomic mass is 9.94. The number of carbonyl (C=O) groups excluding carboxylic acids is 2. The van der Waals surface area contributed by atoms with E-state index in [9.17, 15) is 19.8 Å². The molecule has 1 saturated heterocycles. The molecule has 0 saturated carbocycles. The first-order valence-corrected chi connectivity index (χ1v) is 9.75. The fourth-order valence-electron chi connectivity index (χ4n) is 3.74. The monoisotopic (exact) mass is 399 g/mol. The van der Waals surface area contributed by atoms with Gasteiger partial charge in [0.2, 0.25) is 0 Å². The number of Topliss-reactive ketones (excluding diaryl/α,β-unsaturated/α-hetero) is 1. The summed E-state index contributed by atoms with van der Waals surface area (Å²) < 4.78 is 0. The Morgan fingerprint density at radius 3 is 2.27 bits per heavy atom. The molecule has 4 rings (SSSR count). The molecule has 1 unspecified atom stereocenters. The van der Waals surface area contributed by atoms with Crippen molar-refractivity contribution < 1.29 is 19.8 Å². The summed E-state index contributed by atoms with van der Waals surface area (Å²) in [5.41, 5.74) is 2.69. The smallest absolute Gasteiger partial charge is 0.300 e. The zero-order valence-corrected chi connectivity index (χ0v) is 16.4. The Balaban J connectivity index is 1.94. The standard InChI is InChI=1S/C25H21NO4/c1-2-16-11-13-17(14-12-16)22-21(23(28)18-7-4-3-5-8-18)24(29)25(30)26(22)19-9-6-10-20(27)15-19/h3-15,22,27-28H,2H2,1H3. The Bertz CT molecular complexity index is 1130. The fraction of sp³-hybridized carbons (Fsp3) is 0.120. The molecular weight excluding hydrogens is 378 g/mol. The van der Waals surface area contributed by atoms with Gasteiger partial charge in [-0.15, -0.1) is 0 Å². The summed E-state index contributed by atoms with van der Waals surface area (Å²) in [6.07, 6.45) is 0.858. The van der Waals surface area contributed by atoms with Crippen LogP contribution in [0.4, 0.5) is 5.69 Å². The Kier molecular flexibility index (Phi) is 5.11. The van der Waals surface area contributed by atoms with Gasteiger partial charge in [0.25, 0.3) is 11.7 Å². The number of phenols is 1. The number of aliphatic hydroxyl groups is 1. The molecule has 1 amide bonds. The van der Waals surface area contributed by atoms with Crippen molar-refractivity contribution in [2.75, 3.05) is 4.90 Å². The molecule has 1 aliphatic heterocycles. The maximum Gasteiger partial charge on any atom is 0.300 e. The van der Waals surface area contributed by atoms with Crippen molar-refractivity contribution in [3.8, 4) is 5.75 Å². The van der Waals surface area contributed by atoms with Crippen LogP contribution in [-0.2, 0) is 16.0 Å². The highest BCUT2D eigenvalue weighted by Crippen LogP contribution is 2.42. The number of rotatable bonds is 4. The maximum absolute atomic E-state index is 13.0. The van der Waals surface area contributed by atoms with Gasteiger partial charge in [0.05, 0.1) is 11.6 Å². The molecule has 1 heterocycles. The van der Waals surface area contributed by atoms with E-state index in [4.69, 9.17) is 0 Å². The SMILES string of the molecule is CCc1ccc(C2C(=C(O)c3ccccc3)C(=O)C(=O)N2c2cccc(O)c2)cc1. The van der Waals surface area contributed by atoms with Gasteiger partial charge in [0, 0.05) is 17.3 Å². The van der Waals surface area contributed by atoms with Crippen LogP contribution in [0.25, 0.3) is 5.76 Å². The predicted molar refractivity (Wildman–Crippen MR) is 115 cm³/mol. The second kappa shape index (κ2) is 7.87. The molecule has 2 N–H and O–H groups in total. The van der Waals surface area contributed by atoms with E-state index in [1.807, 2.05) is 37.3 Å². The number of ketones is 1. The Hall–Kier alpha value is -3.86. The van der Waals surface area contributed by atoms with Gasteiger partial charge >= 0.3 is 0 Å². The molecule has 1 fully saturated rings. The van der Waals surface area contributed by atoms with Crippen LogP contribution in [0.1, 0.15) is 29.7 Å². The number of nitrogens with zero attached hydrogens (tertiary/aromatic N) is 1. The normalized spacial score (nSPS) is 18.0. The van der Waals surface area contributed by atoms with Crippen molar-refractivity contribution in [3.05, 3.63) is 101 Å². The second-order valence-electron chi connectivity index (χ2n) is 7.15. The van der Waals surface area contributed by atoms with Gasteiger partial charge in [-0.05, 0) is 29.7 Å². The van der Waals surface area contributed by atoms with Crippen LogP contribution >= 0.6 is 0 Å². The van der Waals surface area contributed by atoms with E-state index >= 15 is 0 Å². The van der Waals surface area contributed by atoms with E-state index in [0.717, 1.165) is 12.0 Å². The van der Waals surface area contributed by atoms with Crippen LogP contribution in [0, 0.1) is 0 Å². The molecule has 1 atom stereocenters. The molecule has 5 heteroatoms. The summed E-state index contributed by atoms with van der Waals surface area (Å²) in [7, 11) is 0. The van der Waals surface area contributed by atoms with E-state index in [1.54, 1.807) is 36.4 Å². The van der Waals surface area contributed by atoms with Crippen LogP contribution in [0.15, 0.2) is 84.4 Å². The molecule has 0 bridgehead atoms. The first-order valence-electron chi connectivity index (χ1n) is 9.75. The van der Waals surface area contributed by atoms with Gasteiger partial charge in [-0.2, -0.15) is 0 Å². The van der Waals surface area contributed by atoms with E-state index in [0.29, 0.717) is 16.8 Å². The molecule has 0 spiro atoms. The zero-order valence-electron chi connectivity index (χ0n) is 16.4. The Morgan fingerprint density at radius 2 is 1.63 bits per heavy atom. The maximum atomic E-state index is 13.0. The highest BCUT2D eigenvalue weighted by Gasteiger charge is 2.47. The van der Waals surface area contributed by atoms with Crippen LogP contribution in [0.5, 0.6) is 5.75 Å². The van der Waals surface area contributed by atoms with Crippen molar-refractivity contribution in [2.45, 2.75) is 19.4 Å². The summed E-state index contributed by atoms with van der Waals surface area (Å²) >= 11 is 0. The number of hydrogen-bond donors (Lipinski definition) is 2. The third-order valence-electron chi connectivity index (χ3n) is 5.30. The number of phenolic OH excluding ortho intramolecular Hbond substituents is 1. The average Bonchev–Trinajstić information content (AvgIpc) is 3.04. The number of aliphatic hydroxyl groups excluding tert-OH is 1. The lowest BCUT2D eigenvalue weighted by Crippen LogP contribution is -2.29. The molecule has 150 valence electrons. The average molecular weight is 399 g/mol. The Labute approximate surface area is 174 Å². The molecular formula is C25H21NO4. The molecule has 1 aliphatic rings. The van der Waals surface area contributed by atoms with E-state index in [-0.39, 0.29) is 17.1 Å². The highest BCUT2D eigenvalue weighted by atomic mass is 16.3. The first kappa shape index (κ1) is 19.5. The number of hydrogen-bond acceptors (Lipinski definition) is 4. The lowest BCUT2D eigenvalue weighted by Gasteiger charge is -2.25. The molecule has 30 heavy (non-hydrogen) atoms. The minimum atomic E-state index is -0.807. The third kappa shape index (κ3) is 3.35. The Morgan fingerprint density at radius 1 is 0.933 bits per heavy atom. The third-order valence-corrected chi connectivity index (χ3v) is 5.30. The van der Waals surface area contributed by atoms with Crippen molar-refractivity contribution >= 4 is 23.1 Å². The lowest BCUT2D eigenvalue weighted by molar-refractivity contribution is -0.132. The number of aryl methyl sites for hydroxylation is 1. The van der Waals surface area contributed by atoms with E-state index in [2.05, 4.69) is 0 Å². The minimum absolute atomic E-state index is 0.0162. The zero-order chi connectivity index (χ0) is 21.3. The highest BCUT2D eigenvalue weighted by molar-refractivity contribution is 6.51. The number of benzene rings is 3. The van der Waals surface area contributed by atoms with Crippen molar-refractivity contribution in [1.29, 1.82) is 0 Å². The van der Waals surface area contributed by atoms with Crippen LogP contribution in [-0.4, -0.2) is 21.9 Å². The van der Waals surface area contributed by atoms with Crippen LogP contribution < -0.4 is 4.90 Å². The first-order chi connectivity index (χ1) is 14.5. The van der Waals surface area contributed by atoms with Crippen molar-refractivity contribution in [3.63, 3.8) is 0 Å². The quantitative estimate of drug-likeness (QED) is 0.382. The van der Waals surface area contributed by atoms with Gasteiger partial charge in [0.1, 0.15) is 11.5 Å². The summed E-state index contributed by atoms with van der Waals surface area (Å²) in [6, 6.07) is 21.7. The van der Waals surface area contributed by atoms with Gasteiger partial charge in [-0.3, -0.25) is 14.5 Å². The number of carbonyl (C=O) groups is 2. The fourth-order valence-corrected chi connectivity index (χ4v) is 3.74. The van der Waals surface area contributed by atoms with Crippen molar-refractivity contribution in [1.82, 2.24) is 0 Å². The number of amides is 1. The largest absolute Gasteiger partial charge is 0.508 e. The topological polar surface area (TPSA) is 77.8 Å². The second-order valence-corrected chi connectivity index (χ2v) is 7.15. The van der Waals surface area contributed by atoms with Crippen LogP contribution in [0.3, 0.4) is 0 Å². The minimum Gasteiger partial charge on any atom is -0.508 e. The molecule has 5 nitrogen and oxygen atoms in total.